The molecule has 0 fully saturated rings. The van der Waals surface area contributed by atoms with Gasteiger partial charge in [-0.05, 0) is 6.92 Å². The smallest absolute Gasteiger partial charge is 0.242 e. The van der Waals surface area contributed by atoms with Crippen LogP contribution in [0.1, 0.15) is 17.5 Å². The summed E-state index contributed by atoms with van der Waals surface area (Å²) in [6.45, 7) is 2.95. The van der Waals surface area contributed by atoms with Gasteiger partial charge in [0, 0.05) is 6.42 Å². The van der Waals surface area contributed by atoms with Gasteiger partial charge in [0.25, 0.3) is 0 Å². The van der Waals surface area contributed by atoms with Gasteiger partial charge in [0.15, 0.2) is 5.13 Å². The molecule has 6 heteroatoms. The molecule has 1 aliphatic heterocycles. The number of fused-ring (bicyclic) bond motifs is 1. The SMILES string of the molecule is C[C@@H](N)C(=O)Nc1nc2c(s1)COCC2. The second-order valence-electron chi connectivity index (χ2n) is 3.47. The predicted molar refractivity (Wildman–Crippen MR) is 57.8 cm³/mol. The Labute approximate surface area is 91.6 Å². The molecule has 1 atom stereocenters. The Balaban J connectivity index is 2.09. The van der Waals surface area contributed by atoms with Crippen molar-refractivity contribution in [3.63, 3.8) is 0 Å². The van der Waals surface area contributed by atoms with Gasteiger partial charge in [-0.15, -0.1) is 0 Å². The molecule has 0 aromatic carbocycles. The molecule has 0 unspecified atom stereocenters. The molecule has 3 N–H and O–H groups in total. The molecule has 2 heterocycles. The van der Waals surface area contributed by atoms with E-state index in [1.165, 1.54) is 11.3 Å². The molecule has 1 aromatic rings. The summed E-state index contributed by atoms with van der Waals surface area (Å²) in [6, 6.07) is -0.512. The van der Waals surface area contributed by atoms with E-state index in [1.807, 2.05) is 0 Å². The van der Waals surface area contributed by atoms with Crippen LogP contribution >= 0.6 is 11.3 Å². The Morgan fingerprint density at radius 1 is 1.73 bits per heavy atom. The molecule has 1 aromatic heterocycles. The molecule has 1 amide bonds. The number of thiazole rings is 1. The summed E-state index contributed by atoms with van der Waals surface area (Å²) in [5, 5.41) is 3.30. The third kappa shape index (κ3) is 2.34. The maximum absolute atomic E-state index is 11.3. The number of hydrogen-bond acceptors (Lipinski definition) is 5. The Kier molecular flexibility index (Phi) is 2.99. The number of amides is 1. The molecule has 2 rings (SSSR count). The number of nitrogens with one attached hydrogen (secondary N) is 1. The number of carbonyl (C=O) groups is 1. The minimum atomic E-state index is -0.512. The van der Waals surface area contributed by atoms with Crippen LogP contribution in [0.3, 0.4) is 0 Å². The average Bonchev–Trinajstić information content (AvgIpc) is 2.59. The topological polar surface area (TPSA) is 77.2 Å². The lowest BCUT2D eigenvalue weighted by Crippen LogP contribution is -2.32. The van der Waals surface area contributed by atoms with Crippen LogP contribution in [0.4, 0.5) is 5.13 Å². The van der Waals surface area contributed by atoms with E-state index in [9.17, 15) is 4.79 Å². The maximum Gasteiger partial charge on any atom is 0.242 e. The average molecular weight is 227 g/mol. The fourth-order valence-corrected chi connectivity index (χ4v) is 2.25. The minimum Gasteiger partial charge on any atom is -0.375 e. The number of nitrogens with two attached hydrogens (primary N) is 1. The third-order valence-electron chi connectivity index (χ3n) is 2.14. The van der Waals surface area contributed by atoms with Crippen LogP contribution in [0, 0.1) is 0 Å². The van der Waals surface area contributed by atoms with Crippen molar-refractivity contribution >= 4 is 22.4 Å². The first-order chi connectivity index (χ1) is 7.16. The van der Waals surface area contributed by atoms with Gasteiger partial charge in [0.05, 0.1) is 29.8 Å². The Bertz CT molecular complexity index is 352. The Hall–Kier alpha value is -0.980. The van der Waals surface area contributed by atoms with E-state index in [-0.39, 0.29) is 5.91 Å². The second kappa shape index (κ2) is 4.26. The normalized spacial score (nSPS) is 16.9. The monoisotopic (exact) mass is 227 g/mol. The molecule has 0 saturated heterocycles. The van der Waals surface area contributed by atoms with Crippen molar-refractivity contribution in [2.75, 3.05) is 11.9 Å². The zero-order valence-electron chi connectivity index (χ0n) is 8.45. The highest BCUT2D eigenvalue weighted by atomic mass is 32.1. The lowest BCUT2D eigenvalue weighted by molar-refractivity contribution is -0.117. The van der Waals surface area contributed by atoms with Crippen molar-refractivity contribution in [2.45, 2.75) is 26.0 Å². The fourth-order valence-electron chi connectivity index (χ4n) is 1.30. The first-order valence-corrected chi connectivity index (χ1v) is 5.61. The van der Waals surface area contributed by atoms with Crippen LogP contribution in [0.2, 0.25) is 0 Å². The summed E-state index contributed by atoms with van der Waals surface area (Å²) in [6.07, 6.45) is 0.819. The molecule has 5 nitrogen and oxygen atoms in total. The van der Waals surface area contributed by atoms with Crippen LogP contribution in [-0.4, -0.2) is 23.5 Å². The summed E-state index contributed by atoms with van der Waals surface area (Å²) >= 11 is 1.46. The highest BCUT2D eigenvalue weighted by Crippen LogP contribution is 2.26. The highest BCUT2D eigenvalue weighted by Gasteiger charge is 2.17. The summed E-state index contributed by atoms with van der Waals surface area (Å²) in [5.74, 6) is -0.206. The summed E-state index contributed by atoms with van der Waals surface area (Å²) < 4.78 is 5.29. The standard InChI is InChI=1S/C9H13N3O2S/c1-5(10)8(13)12-9-11-6-2-3-14-4-7(6)15-9/h5H,2-4,10H2,1H3,(H,11,12,13)/t5-/m1/s1. The van der Waals surface area contributed by atoms with Gasteiger partial charge in [-0.2, -0.15) is 0 Å². The van der Waals surface area contributed by atoms with Crippen molar-refractivity contribution in [2.24, 2.45) is 5.73 Å². The van der Waals surface area contributed by atoms with Crippen LogP contribution < -0.4 is 11.1 Å². The number of carbonyl (C=O) groups excluding carboxylic acids is 1. The van der Waals surface area contributed by atoms with E-state index >= 15 is 0 Å². The molecule has 0 saturated carbocycles. The zero-order valence-corrected chi connectivity index (χ0v) is 9.26. The molecule has 0 aliphatic carbocycles. The fraction of sp³-hybridized carbons (Fsp3) is 0.556. The number of hydrogen-bond donors (Lipinski definition) is 2. The first kappa shape index (κ1) is 10.5. The van der Waals surface area contributed by atoms with E-state index in [0.717, 1.165) is 17.0 Å². The minimum absolute atomic E-state index is 0.206. The molecule has 0 radical (unpaired) electrons. The number of anilines is 1. The van der Waals surface area contributed by atoms with Gasteiger partial charge < -0.3 is 15.8 Å². The van der Waals surface area contributed by atoms with Gasteiger partial charge >= 0.3 is 0 Å². The van der Waals surface area contributed by atoms with E-state index in [4.69, 9.17) is 10.5 Å². The van der Waals surface area contributed by atoms with Crippen molar-refractivity contribution in [3.05, 3.63) is 10.6 Å². The molecule has 82 valence electrons. The lowest BCUT2D eigenvalue weighted by Gasteiger charge is -2.08. The van der Waals surface area contributed by atoms with Crippen LogP contribution in [0.15, 0.2) is 0 Å². The van der Waals surface area contributed by atoms with Crippen LogP contribution in [0.5, 0.6) is 0 Å². The summed E-state index contributed by atoms with van der Waals surface area (Å²) in [7, 11) is 0. The van der Waals surface area contributed by atoms with Crippen molar-refractivity contribution in [3.8, 4) is 0 Å². The number of rotatable bonds is 2. The Morgan fingerprint density at radius 2 is 2.53 bits per heavy atom. The van der Waals surface area contributed by atoms with Crippen molar-refractivity contribution in [1.29, 1.82) is 0 Å². The molecular weight excluding hydrogens is 214 g/mol. The summed E-state index contributed by atoms with van der Waals surface area (Å²) in [5.41, 5.74) is 6.48. The lowest BCUT2D eigenvalue weighted by atomic mass is 10.2. The van der Waals surface area contributed by atoms with Crippen LogP contribution in [-0.2, 0) is 22.6 Å². The van der Waals surface area contributed by atoms with Gasteiger partial charge in [0.1, 0.15) is 0 Å². The van der Waals surface area contributed by atoms with E-state index in [2.05, 4.69) is 10.3 Å². The second-order valence-corrected chi connectivity index (χ2v) is 4.55. The molecule has 15 heavy (non-hydrogen) atoms. The Morgan fingerprint density at radius 3 is 3.20 bits per heavy atom. The number of ether oxygens (including phenoxy) is 1. The highest BCUT2D eigenvalue weighted by molar-refractivity contribution is 7.15. The van der Waals surface area contributed by atoms with E-state index < -0.39 is 6.04 Å². The van der Waals surface area contributed by atoms with Crippen LogP contribution in [0.25, 0.3) is 0 Å². The van der Waals surface area contributed by atoms with Crippen molar-refractivity contribution < 1.29 is 9.53 Å². The van der Waals surface area contributed by atoms with Gasteiger partial charge in [0.2, 0.25) is 5.91 Å². The third-order valence-corrected chi connectivity index (χ3v) is 3.12. The predicted octanol–water partition coefficient (Wildman–Crippen LogP) is 0.501. The molecule has 1 aliphatic rings. The van der Waals surface area contributed by atoms with E-state index in [1.54, 1.807) is 6.92 Å². The first-order valence-electron chi connectivity index (χ1n) is 4.79. The molecular formula is C9H13N3O2S. The largest absolute Gasteiger partial charge is 0.375 e. The van der Waals surface area contributed by atoms with Gasteiger partial charge in [-0.3, -0.25) is 4.79 Å². The van der Waals surface area contributed by atoms with E-state index in [0.29, 0.717) is 18.3 Å². The summed E-state index contributed by atoms with van der Waals surface area (Å²) in [4.78, 5) is 16.7. The molecule has 0 spiro atoms. The van der Waals surface area contributed by atoms with Gasteiger partial charge in [-0.25, -0.2) is 4.98 Å². The number of nitrogens with zero attached hydrogens (tertiary/aromatic N) is 1. The quantitative estimate of drug-likeness (QED) is 0.771. The van der Waals surface area contributed by atoms with Gasteiger partial charge in [-0.1, -0.05) is 11.3 Å². The zero-order chi connectivity index (χ0) is 10.8. The number of aromatic nitrogens is 1. The molecule has 0 bridgehead atoms. The van der Waals surface area contributed by atoms with Crippen molar-refractivity contribution in [1.82, 2.24) is 4.98 Å². The maximum atomic E-state index is 11.3.